The molecule has 9 heteroatoms. The van der Waals surface area contributed by atoms with Crippen molar-refractivity contribution in [1.82, 2.24) is 10.2 Å². The number of hydrogen-bond acceptors (Lipinski definition) is 5. The van der Waals surface area contributed by atoms with Gasteiger partial charge in [-0.2, -0.15) is 0 Å². The Labute approximate surface area is 225 Å². The van der Waals surface area contributed by atoms with Crippen LogP contribution in [0.5, 0.6) is 5.75 Å². The van der Waals surface area contributed by atoms with Gasteiger partial charge in [0, 0.05) is 13.1 Å². The van der Waals surface area contributed by atoms with Crippen molar-refractivity contribution >= 4 is 27.5 Å². The average molecular weight is 538 g/mol. The molecule has 1 unspecified atom stereocenters. The number of aryl methyl sites for hydroxylation is 1. The number of anilines is 1. The molecule has 0 saturated heterocycles. The van der Waals surface area contributed by atoms with Crippen LogP contribution < -0.4 is 14.4 Å². The topological polar surface area (TPSA) is 96.0 Å². The van der Waals surface area contributed by atoms with Gasteiger partial charge >= 0.3 is 0 Å². The minimum absolute atomic E-state index is 0.168. The van der Waals surface area contributed by atoms with Gasteiger partial charge in [0.2, 0.25) is 21.8 Å². The van der Waals surface area contributed by atoms with Crippen LogP contribution >= 0.6 is 0 Å². The molecular formula is C29H35N3O5S. The molecule has 1 N–H and O–H groups in total. The number of carbonyl (C=O) groups is 2. The lowest BCUT2D eigenvalue weighted by atomic mass is 10.1. The second-order valence-electron chi connectivity index (χ2n) is 9.12. The van der Waals surface area contributed by atoms with Gasteiger partial charge in [-0.1, -0.05) is 60.2 Å². The number of ether oxygens (including phenoxy) is 1. The third kappa shape index (κ3) is 8.08. The van der Waals surface area contributed by atoms with Crippen LogP contribution in [0.3, 0.4) is 0 Å². The highest BCUT2D eigenvalue weighted by Crippen LogP contribution is 2.23. The smallest absolute Gasteiger partial charge is 0.244 e. The summed E-state index contributed by atoms with van der Waals surface area (Å²) in [6, 6.07) is 23.1. The second-order valence-corrected chi connectivity index (χ2v) is 11.0. The fraction of sp³-hybridized carbons (Fsp3) is 0.310. The van der Waals surface area contributed by atoms with Crippen molar-refractivity contribution in [1.29, 1.82) is 0 Å². The van der Waals surface area contributed by atoms with E-state index >= 15 is 0 Å². The van der Waals surface area contributed by atoms with Crippen molar-refractivity contribution in [2.75, 3.05) is 23.7 Å². The van der Waals surface area contributed by atoms with Gasteiger partial charge in [0.05, 0.1) is 11.9 Å². The standard InChI is InChI=1S/C29H35N3O5S/c1-5-30-29(34)23(3)31(19-24-13-11-22(2)12-14-24)28(33)20-32(38(4,35)36)26-15-17-27(18-16-26)37-21-25-9-7-6-8-10-25/h6-18,23H,5,19-21H2,1-4H3,(H,30,34). The molecule has 0 fully saturated rings. The third-order valence-electron chi connectivity index (χ3n) is 6.04. The Bertz CT molecular complexity index is 1310. The van der Waals surface area contributed by atoms with Crippen LogP contribution in [0.15, 0.2) is 78.9 Å². The summed E-state index contributed by atoms with van der Waals surface area (Å²) >= 11 is 0. The molecule has 0 aliphatic heterocycles. The molecule has 2 amide bonds. The van der Waals surface area contributed by atoms with Crippen LogP contribution in [0.25, 0.3) is 0 Å². The normalized spacial score (nSPS) is 11.9. The van der Waals surface area contributed by atoms with Gasteiger partial charge < -0.3 is 15.0 Å². The highest BCUT2D eigenvalue weighted by atomic mass is 32.2. The maximum absolute atomic E-state index is 13.5. The van der Waals surface area contributed by atoms with Gasteiger partial charge in [0.1, 0.15) is 24.9 Å². The van der Waals surface area contributed by atoms with Gasteiger partial charge in [-0.15, -0.1) is 0 Å². The van der Waals surface area contributed by atoms with Gasteiger partial charge in [-0.3, -0.25) is 13.9 Å². The van der Waals surface area contributed by atoms with Crippen LogP contribution in [-0.2, 0) is 32.8 Å². The van der Waals surface area contributed by atoms with Crippen LogP contribution in [0.4, 0.5) is 5.69 Å². The Morgan fingerprint density at radius 3 is 2.13 bits per heavy atom. The SMILES string of the molecule is CCNC(=O)C(C)N(Cc1ccc(C)cc1)C(=O)CN(c1ccc(OCc2ccccc2)cc1)S(C)(=O)=O. The lowest BCUT2D eigenvalue weighted by molar-refractivity contribution is -0.139. The summed E-state index contributed by atoms with van der Waals surface area (Å²) < 4.78 is 32.3. The van der Waals surface area contributed by atoms with Gasteiger partial charge in [-0.05, 0) is 56.2 Å². The third-order valence-corrected chi connectivity index (χ3v) is 7.18. The number of carbonyl (C=O) groups excluding carboxylic acids is 2. The lowest BCUT2D eigenvalue weighted by Crippen LogP contribution is -2.51. The van der Waals surface area contributed by atoms with Crippen molar-refractivity contribution in [2.24, 2.45) is 0 Å². The minimum atomic E-state index is -3.80. The quantitative estimate of drug-likeness (QED) is 0.378. The Balaban J connectivity index is 1.80. The number of amides is 2. The van der Waals surface area contributed by atoms with Gasteiger partial charge in [-0.25, -0.2) is 8.42 Å². The summed E-state index contributed by atoms with van der Waals surface area (Å²) in [5.74, 6) is -0.221. The molecule has 3 aromatic carbocycles. The van der Waals surface area contributed by atoms with Crippen molar-refractivity contribution < 1.29 is 22.7 Å². The predicted octanol–water partition coefficient (Wildman–Crippen LogP) is 3.89. The molecule has 3 rings (SSSR count). The largest absolute Gasteiger partial charge is 0.489 e. The van der Waals surface area contributed by atoms with Crippen molar-refractivity contribution in [3.63, 3.8) is 0 Å². The minimum Gasteiger partial charge on any atom is -0.489 e. The number of rotatable bonds is 12. The fourth-order valence-electron chi connectivity index (χ4n) is 3.86. The molecule has 0 saturated carbocycles. The van der Waals surface area contributed by atoms with Crippen molar-refractivity contribution in [2.45, 2.75) is 40.0 Å². The number of hydrogen-bond donors (Lipinski definition) is 1. The first-order valence-corrected chi connectivity index (χ1v) is 14.3. The van der Waals surface area contributed by atoms with E-state index in [0.717, 1.165) is 27.3 Å². The van der Waals surface area contributed by atoms with E-state index in [1.54, 1.807) is 38.1 Å². The summed E-state index contributed by atoms with van der Waals surface area (Å²) in [4.78, 5) is 27.6. The zero-order chi connectivity index (χ0) is 27.7. The van der Waals surface area contributed by atoms with Crippen molar-refractivity contribution in [3.8, 4) is 5.75 Å². The Morgan fingerprint density at radius 2 is 1.55 bits per heavy atom. The molecule has 38 heavy (non-hydrogen) atoms. The molecule has 1 atom stereocenters. The van der Waals surface area contributed by atoms with E-state index in [2.05, 4.69) is 5.32 Å². The molecule has 0 aliphatic rings. The fourth-order valence-corrected chi connectivity index (χ4v) is 4.71. The van der Waals surface area contributed by atoms with Gasteiger partial charge in [0.15, 0.2) is 0 Å². The van der Waals surface area contributed by atoms with E-state index in [1.165, 1.54) is 4.90 Å². The highest BCUT2D eigenvalue weighted by molar-refractivity contribution is 7.92. The lowest BCUT2D eigenvalue weighted by Gasteiger charge is -2.31. The molecule has 3 aromatic rings. The summed E-state index contributed by atoms with van der Waals surface area (Å²) in [6.45, 7) is 5.92. The zero-order valence-corrected chi connectivity index (χ0v) is 23.1. The molecule has 0 spiro atoms. The molecule has 0 aromatic heterocycles. The zero-order valence-electron chi connectivity index (χ0n) is 22.3. The van der Waals surface area contributed by atoms with E-state index < -0.39 is 28.5 Å². The number of benzene rings is 3. The van der Waals surface area contributed by atoms with E-state index in [-0.39, 0.29) is 12.5 Å². The Morgan fingerprint density at radius 1 is 0.921 bits per heavy atom. The first-order chi connectivity index (χ1) is 18.1. The van der Waals surface area contributed by atoms with Crippen LogP contribution in [0.1, 0.15) is 30.5 Å². The van der Waals surface area contributed by atoms with E-state index in [1.807, 2.05) is 61.5 Å². The second kappa shape index (κ2) is 13.1. The molecule has 0 bridgehead atoms. The summed E-state index contributed by atoms with van der Waals surface area (Å²) in [5, 5.41) is 2.74. The van der Waals surface area contributed by atoms with Crippen molar-refractivity contribution in [3.05, 3.63) is 95.6 Å². The number of likely N-dealkylation sites (N-methyl/N-ethyl adjacent to an activating group) is 1. The summed E-state index contributed by atoms with van der Waals surface area (Å²) in [6.07, 6.45) is 1.05. The van der Waals surface area contributed by atoms with Gasteiger partial charge in [0.25, 0.3) is 0 Å². The Hall–Kier alpha value is -3.85. The highest BCUT2D eigenvalue weighted by Gasteiger charge is 2.29. The maximum atomic E-state index is 13.5. The monoisotopic (exact) mass is 537 g/mol. The predicted molar refractivity (Wildman–Crippen MR) is 149 cm³/mol. The Kier molecular flexibility index (Phi) is 9.90. The van der Waals surface area contributed by atoms with Crippen LogP contribution in [0.2, 0.25) is 0 Å². The maximum Gasteiger partial charge on any atom is 0.244 e. The number of nitrogens with one attached hydrogen (secondary N) is 1. The molecule has 202 valence electrons. The molecule has 0 aliphatic carbocycles. The molecule has 0 heterocycles. The van der Waals surface area contributed by atoms with Crippen LogP contribution in [-0.4, -0.2) is 50.5 Å². The summed E-state index contributed by atoms with van der Waals surface area (Å²) in [5.41, 5.74) is 3.25. The van der Waals surface area contributed by atoms with E-state index in [0.29, 0.717) is 24.6 Å². The first kappa shape index (κ1) is 28.7. The number of nitrogens with zero attached hydrogens (tertiary/aromatic N) is 2. The summed E-state index contributed by atoms with van der Waals surface area (Å²) in [7, 11) is -3.80. The van der Waals surface area contributed by atoms with E-state index in [4.69, 9.17) is 4.74 Å². The number of sulfonamides is 1. The molecule has 0 radical (unpaired) electrons. The average Bonchev–Trinajstić information content (AvgIpc) is 2.90. The molecular weight excluding hydrogens is 502 g/mol. The first-order valence-electron chi connectivity index (χ1n) is 12.5. The van der Waals surface area contributed by atoms with E-state index in [9.17, 15) is 18.0 Å². The molecule has 8 nitrogen and oxygen atoms in total. The van der Waals surface area contributed by atoms with Crippen LogP contribution in [0, 0.1) is 6.92 Å².